The molecule has 3 rings (SSSR count). The number of carbonyl (C=O) groups is 3. The molecule has 0 radical (unpaired) electrons. The van der Waals surface area contributed by atoms with Crippen LogP contribution in [0.1, 0.15) is 39.8 Å². The van der Waals surface area contributed by atoms with Gasteiger partial charge in [0.15, 0.2) is 17.7 Å². The molecule has 8 unspecified atom stereocenters. The molecule has 1 saturated heterocycles. The molecule has 0 bridgehead atoms. The number of hydrogen-bond acceptors (Lipinski definition) is 19. The normalized spacial score (nSPS) is 22.6. The van der Waals surface area contributed by atoms with Crippen LogP contribution < -0.4 is 22.1 Å². The van der Waals surface area contributed by atoms with Crippen LogP contribution in [0.4, 0.5) is 5.82 Å². The van der Waals surface area contributed by atoms with E-state index in [1.54, 1.807) is 6.92 Å². The van der Waals surface area contributed by atoms with E-state index in [2.05, 4.69) is 34.4 Å². The van der Waals surface area contributed by atoms with Gasteiger partial charge in [-0.2, -0.15) is 4.31 Å². The van der Waals surface area contributed by atoms with E-state index in [0.29, 0.717) is 12.2 Å². The number of rotatable bonds is 21. The van der Waals surface area contributed by atoms with Gasteiger partial charge in [-0.15, -0.1) is 0 Å². The fraction of sp³-hybridized carbons (Fsp3) is 0.680. The van der Waals surface area contributed by atoms with Gasteiger partial charge in [0.25, 0.3) is 0 Å². The van der Waals surface area contributed by atoms with Crippen LogP contribution in [-0.2, 0) is 50.7 Å². The maximum absolute atomic E-state index is 12.6. The Morgan fingerprint density at radius 2 is 1.74 bits per heavy atom. The molecule has 306 valence electrons. The Morgan fingerprint density at radius 3 is 2.39 bits per heavy atom. The van der Waals surface area contributed by atoms with E-state index in [0.717, 1.165) is 29.0 Å². The minimum absolute atomic E-state index is 0.0284. The van der Waals surface area contributed by atoms with Gasteiger partial charge < -0.3 is 56.6 Å². The summed E-state index contributed by atoms with van der Waals surface area (Å²) >= 11 is 0.978. The molecule has 54 heavy (non-hydrogen) atoms. The first-order valence-electron chi connectivity index (χ1n) is 15.8. The molecule has 8 atom stereocenters. The number of nitrogens with zero attached hydrogens (tertiary/aromatic N) is 4. The zero-order chi connectivity index (χ0) is 40.6. The number of thioether (sulfide) groups is 1. The van der Waals surface area contributed by atoms with Gasteiger partial charge in [0, 0.05) is 30.7 Å². The molecule has 0 aromatic carbocycles. The van der Waals surface area contributed by atoms with E-state index in [1.807, 2.05) is 0 Å². The van der Waals surface area contributed by atoms with Gasteiger partial charge in [-0.3, -0.25) is 32.5 Å². The molecule has 2 aromatic heterocycles. The summed E-state index contributed by atoms with van der Waals surface area (Å²) < 4.78 is 62.0. The van der Waals surface area contributed by atoms with Crippen LogP contribution in [0.5, 0.6) is 0 Å². The molecular formula is C25H43N8O17P3S. The SMILES string of the molecule is CCC(N)C(=O)SCCNC(=O)CCNC(=O)C(O)C(C)(C)COP(=O)(O)OP(=O)(O)OCC1OC(n2cnc3c(N)ncnc32)C(O)C1OP(=O)(O)O. The number of anilines is 1. The number of nitrogens with one attached hydrogen (secondary N) is 2. The first kappa shape index (κ1) is 45.9. The highest BCUT2D eigenvalue weighted by molar-refractivity contribution is 8.13. The van der Waals surface area contributed by atoms with Crippen molar-refractivity contribution in [1.82, 2.24) is 30.2 Å². The van der Waals surface area contributed by atoms with Crippen molar-refractivity contribution in [3.8, 4) is 0 Å². The Hall–Kier alpha value is -2.48. The lowest BCUT2D eigenvalue weighted by Crippen LogP contribution is -2.46. The van der Waals surface area contributed by atoms with E-state index in [-0.39, 0.29) is 41.6 Å². The second-order valence-corrected chi connectivity index (χ2v) is 17.6. The topological polar surface area (TPSA) is 390 Å². The Bertz CT molecular complexity index is 1780. The summed E-state index contributed by atoms with van der Waals surface area (Å²) in [5.74, 6) is -1.20. The first-order valence-corrected chi connectivity index (χ1v) is 21.3. The summed E-state index contributed by atoms with van der Waals surface area (Å²) in [6.07, 6.45) is -6.46. The number of ether oxygens (including phenoxy) is 1. The van der Waals surface area contributed by atoms with Crippen molar-refractivity contribution in [3.63, 3.8) is 0 Å². The van der Waals surface area contributed by atoms with E-state index in [4.69, 9.17) is 25.3 Å². The predicted molar refractivity (Wildman–Crippen MR) is 185 cm³/mol. The number of fused-ring (bicyclic) bond motifs is 1. The number of hydrogen-bond donors (Lipinski definition) is 10. The van der Waals surface area contributed by atoms with Crippen LogP contribution in [0.15, 0.2) is 12.7 Å². The van der Waals surface area contributed by atoms with Crippen molar-refractivity contribution in [2.45, 2.75) is 70.3 Å². The molecule has 0 aliphatic carbocycles. The van der Waals surface area contributed by atoms with Crippen LogP contribution in [0.25, 0.3) is 11.2 Å². The van der Waals surface area contributed by atoms with Gasteiger partial charge in [0.1, 0.15) is 36.3 Å². The number of imidazole rings is 1. The second kappa shape index (κ2) is 19.1. The van der Waals surface area contributed by atoms with Crippen LogP contribution in [0.2, 0.25) is 0 Å². The Morgan fingerprint density at radius 1 is 1.07 bits per heavy atom. The zero-order valence-electron chi connectivity index (χ0n) is 28.9. The summed E-state index contributed by atoms with van der Waals surface area (Å²) in [7, 11) is -16.4. The molecule has 2 aromatic rings. The number of nitrogen functional groups attached to an aromatic ring is 1. The maximum atomic E-state index is 12.6. The molecule has 12 N–H and O–H groups in total. The smallest absolute Gasteiger partial charge is 0.386 e. The van der Waals surface area contributed by atoms with Crippen molar-refractivity contribution in [3.05, 3.63) is 12.7 Å². The highest BCUT2D eigenvalue weighted by Gasteiger charge is 2.50. The van der Waals surface area contributed by atoms with Crippen LogP contribution in [0, 0.1) is 5.41 Å². The monoisotopic (exact) mass is 852 g/mol. The maximum Gasteiger partial charge on any atom is 0.481 e. The number of aliphatic hydroxyl groups excluding tert-OH is 2. The van der Waals surface area contributed by atoms with Crippen molar-refractivity contribution < 1.29 is 80.5 Å². The highest BCUT2D eigenvalue weighted by Crippen LogP contribution is 2.61. The lowest BCUT2D eigenvalue weighted by molar-refractivity contribution is -0.137. The third-order valence-corrected chi connectivity index (χ3v) is 11.6. The van der Waals surface area contributed by atoms with E-state index >= 15 is 0 Å². The van der Waals surface area contributed by atoms with E-state index in [9.17, 15) is 57.9 Å². The molecule has 0 spiro atoms. The number of phosphoric ester groups is 3. The summed E-state index contributed by atoms with van der Waals surface area (Å²) in [6, 6.07) is -0.595. The average Bonchev–Trinajstić information content (AvgIpc) is 3.64. The third-order valence-electron chi connectivity index (χ3n) is 7.49. The Balaban J connectivity index is 1.51. The molecule has 0 saturated carbocycles. The van der Waals surface area contributed by atoms with Crippen molar-refractivity contribution in [1.29, 1.82) is 0 Å². The number of nitrogens with two attached hydrogens (primary N) is 2. The fourth-order valence-electron chi connectivity index (χ4n) is 4.56. The van der Waals surface area contributed by atoms with Gasteiger partial charge in [-0.05, 0) is 6.42 Å². The van der Waals surface area contributed by atoms with Crippen LogP contribution in [0.3, 0.4) is 0 Å². The fourth-order valence-corrected chi connectivity index (χ4v) is 8.17. The molecule has 3 heterocycles. The predicted octanol–water partition coefficient (Wildman–Crippen LogP) is -1.60. The summed E-state index contributed by atoms with van der Waals surface area (Å²) in [5, 5.41) is 26.1. The third kappa shape index (κ3) is 13.3. The van der Waals surface area contributed by atoms with Crippen molar-refractivity contribution >= 4 is 69.1 Å². The zero-order valence-corrected chi connectivity index (χ0v) is 32.4. The molecule has 1 fully saturated rings. The van der Waals surface area contributed by atoms with Gasteiger partial charge >= 0.3 is 23.5 Å². The quantitative estimate of drug-likeness (QED) is 0.0499. The lowest BCUT2D eigenvalue weighted by atomic mass is 9.87. The standard InChI is InChI=1S/C25H43N8O17P3S/c1-4-13(26)24(38)54-8-7-28-15(34)5-6-29-22(37)19(36)25(2,3)10-47-53(44,45)50-52(42,43)46-9-14-18(49-51(39,40)41)17(35)23(48-14)33-12-32-16-20(27)30-11-31-21(16)33/h11-14,17-19,23,35-36H,4-10,26H2,1-3H3,(H,28,34)(H,29,37)(H,42,43)(H,44,45)(H2,27,30,31)(H2,39,40,41). The number of aromatic nitrogens is 4. The second-order valence-electron chi connectivity index (χ2n) is 12.3. The van der Waals surface area contributed by atoms with Gasteiger partial charge in [0.2, 0.25) is 16.9 Å². The number of aliphatic hydroxyl groups is 2. The van der Waals surface area contributed by atoms with Crippen LogP contribution >= 0.6 is 35.2 Å². The Labute approximate surface area is 311 Å². The number of phosphoric acid groups is 3. The minimum Gasteiger partial charge on any atom is -0.386 e. The molecule has 25 nitrogen and oxygen atoms in total. The number of amides is 2. The molecule has 1 aliphatic rings. The first-order chi connectivity index (χ1) is 25.0. The van der Waals surface area contributed by atoms with Gasteiger partial charge in [0.05, 0.1) is 25.6 Å². The van der Waals surface area contributed by atoms with Gasteiger partial charge in [-0.1, -0.05) is 32.5 Å². The van der Waals surface area contributed by atoms with Crippen LogP contribution in [-0.4, -0.2) is 129 Å². The highest BCUT2D eigenvalue weighted by atomic mass is 32.2. The summed E-state index contributed by atoms with van der Waals surface area (Å²) in [5.41, 5.74) is 9.88. The lowest BCUT2D eigenvalue weighted by Gasteiger charge is -2.30. The summed E-state index contributed by atoms with van der Waals surface area (Å²) in [4.78, 5) is 87.1. The number of carbonyl (C=O) groups excluding carboxylic acids is 3. The van der Waals surface area contributed by atoms with E-state index < -0.39 is 90.6 Å². The Kier molecular flexibility index (Phi) is 16.2. The van der Waals surface area contributed by atoms with Crippen molar-refractivity contribution in [2.75, 3.05) is 37.8 Å². The largest absolute Gasteiger partial charge is 0.481 e. The molecule has 1 aliphatic heterocycles. The van der Waals surface area contributed by atoms with Crippen molar-refractivity contribution in [2.24, 2.45) is 11.1 Å². The average molecular weight is 853 g/mol. The van der Waals surface area contributed by atoms with Gasteiger partial charge in [-0.25, -0.2) is 28.6 Å². The minimum atomic E-state index is -5.57. The molecule has 29 heteroatoms. The van der Waals surface area contributed by atoms with E-state index in [1.165, 1.54) is 13.8 Å². The molecular weight excluding hydrogens is 809 g/mol. The molecule has 2 amide bonds. The summed E-state index contributed by atoms with van der Waals surface area (Å²) in [6.45, 7) is 2.19.